The van der Waals surface area contributed by atoms with E-state index in [0.717, 1.165) is 12.0 Å². The van der Waals surface area contributed by atoms with Crippen LogP contribution in [0.2, 0.25) is 0 Å². The first-order valence-electron chi connectivity index (χ1n) is 5.84. The third-order valence-electron chi connectivity index (χ3n) is 2.81. The number of hydrogen-bond donors (Lipinski definition) is 2. The molecule has 1 amide bonds. The molecule has 4 heteroatoms. The van der Waals surface area contributed by atoms with Crippen LogP contribution in [0.25, 0.3) is 0 Å². The number of aromatic nitrogens is 1. The fraction of sp³-hybridized carbons (Fsp3) is 0.214. The van der Waals surface area contributed by atoms with Gasteiger partial charge in [0.25, 0.3) is 5.91 Å². The minimum atomic E-state index is -0.0683. The maximum Gasteiger partial charge on any atom is 0.267 e. The van der Waals surface area contributed by atoms with Gasteiger partial charge in [-0.3, -0.25) is 4.79 Å². The van der Waals surface area contributed by atoms with E-state index in [-0.39, 0.29) is 11.7 Å². The van der Waals surface area contributed by atoms with Gasteiger partial charge in [0, 0.05) is 19.8 Å². The number of benzene rings is 1. The van der Waals surface area contributed by atoms with Crippen molar-refractivity contribution in [2.24, 2.45) is 7.05 Å². The summed E-state index contributed by atoms with van der Waals surface area (Å²) in [5.41, 5.74) is 1.74. The number of amides is 1. The van der Waals surface area contributed by atoms with Gasteiger partial charge in [-0.2, -0.15) is 0 Å². The number of aromatic hydroxyl groups is 1. The smallest absolute Gasteiger partial charge is 0.267 e. The summed E-state index contributed by atoms with van der Waals surface area (Å²) >= 11 is 0. The van der Waals surface area contributed by atoms with Crippen LogP contribution >= 0.6 is 0 Å². The summed E-state index contributed by atoms with van der Waals surface area (Å²) in [4.78, 5) is 11.8. The van der Waals surface area contributed by atoms with Crippen LogP contribution in [0.5, 0.6) is 5.75 Å². The lowest BCUT2D eigenvalue weighted by Crippen LogP contribution is -2.27. The molecule has 2 N–H and O–H groups in total. The summed E-state index contributed by atoms with van der Waals surface area (Å²) in [5, 5.41) is 12.0. The van der Waals surface area contributed by atoms with Crippen molar-refractivity contribution in [2.75, 3.05) is 6.54 Å². The topological polar surface area (TPSA) is 54.3 Å². The third-order valence-corrected chi connectivity index (χ3v) is 2.81. The Morgan fingerprint density at radius 3 is 2.61 bits per heavy atom. The van der Waals surface area contributed by atoms with Crippen LogP contribution in [-0.2, 0) is 13.5 Å². The molecule has 0 aliphatic carbocycles. The van der Waals surface area contributed by atoms with Gasteiger partial charge >= 0.3 is 0 Å². The number of carbonyl (C=O) groups is 1. The molecule has 1 aromatic heterocycles. The SMILES string of the molecule is Cn1cccc1C(=O)NCCc1ccc(O)cc1. The lowest BCUT2D eigenvalue weighted by molar-refractivity contribution is 0.0946. The molecule has 0 atom stereocenters. The van der Waals surface area contributed by atoms with E-state index in [1.54, 1.807) is 22.8 Å². The zero-order valence-corrected chi connectivity index (χ0v) is 10.3. The van der Waals surface area contributed by atoms with E-state index in [2.05, 4.69) is 5.32 Å². The zero-order valence-electron chi connectivity index (χ0n) is 10.3. The van der Waals surface area contributed by atoms with Gasteiger partial charge in [-0.05, 0) is 36.2 Å². The minimum absolute atomic E-state index is 0.0683. The molecular formula is C14H16N2O2. The average Bonchev–Trinajstić information content (AvgIpc) is 2.78. The van der Waals surface area contributed by atoms with Crippen molar-refractivity contribution in [3.05, 3.63) is 53.9 Å². The second-order valence-corrected chi connectivity index (χ2v) is 4.18. The summed E-state index contributed by atoms with van der Waals surface area (Å²) in [6, 6.07) is 10.6. The van der Waals surface area contributed by atoms with Crippen LogP contribution < -0.4 is 5.32 Å². The maximum atomic E-state index is 11.8. The summed E-state index contributed by atoms with van der Waals surface area (Å²) < 4.78 is 1.79. The highest BCUT2D eigenvalue weighted by atomic mass is 16.3. The van der Waals surface area contributed by atoms with E-state index >= 15 is 0 Å². The van der Waals surface area contributed by atoms with Crippen LogP contribution in [0.15, 0.2) is 42.6 Å². The summed E-state index contributed by atoms with van der Waals surface area (Å²) in [6.07, 6.45) is 2.59. The van der Waals surface area contributed by atoms with E-state index in [1.165, 1.54) is 0 Å². The first-order valence-corrected chi connectivity index (χ1v) is 5.84. The van der Waals surface area contributed by atoms with Crippen molar-refractivity contribution in [3.8, 4) is 5.75 Å². The number of rotatable bonds is 4. The lowest BCUT2D eigenvalue weighted by Gasteiger charge is -2.06. The molecule has 94 valence electrons. The predicted octanol–water partition coefficient (Wildman–Crippen LogP) is 1.70. The molecule has 0 aliphatic heterocycles. The second-order valence-electron chi connectivity index (χ2n) is 4.18. The molecular weight excluding hydrogens is 228 g/mol. The monoisotopic (exact) mass is 244 g/mol. The number of aryl methyl sites for hydroxylation is 1. The molecule has 0 radical (unpaired) electrons. The summed E-state index contributed by atoms with van der Waals surface area (Å²) in [5.74, 6) is 0.188. The normalized spacial score (nSPS) is 10.3. The molecule has 2 rings (SSSR count). The largest absolute Gasteiger partial charge is 0.508 e. The molecule has 0 unspecified atom stereocenters. The Kier molecular flexibility index (Phi) is 3.67. The van der Waals surface area contributed by atoms with Crippen molar-refractivity contribution in [3.63, 3.8) is 0 Å². The third kappa shape index (κ3) is 2.91. The van der Waals surface area contributed by atoms with Crippen molar-refractivity contribution < 1.29 is 9.90 Å². The van der Waals surface area contributed by atoms with Crippen molar-refractivity contribution in [1.29, 1.82) is 0 Å². The van der Waals surface area contributed by atoms with Crippen LogP contribution in [0, 0.1) is 0 Å². The number of phenolic OH excluding ortho intramolecular Hbond substituents is 1. The van der Waals surface area contributed by atoms with E-state index in [1.807, 2.05) is 31.4 Å². The molecule has 0 fully saturated rings. The van der Waals surface area contributed by atoms with Gasteiger partial charge in [-0.1, -0.05) is 12.1 Å². The average molecular weight is 244 g/mol. The fourth-order valence-electron chi connectivity index (χ4n) is 1.77. The highest BCUT2D eigenvalue weighted by Gasteiger charge is 2.07. The van der Waals surface area contributed by atoms with Crippen molar-refractivity contribution in [1.82, 2.24) is 9.88 Å². The van der Waals surface area contributed by atoms with Gasteiger partial charge in [0.05, 0.1) is 0 Å². The lowest BCUT2D eigenvalue weighted by atomic mass is 10.1. The highest BCUT2D eigenvalue weighted by Crippen LogP contribution is 2.09. The number of nitrogens with one attached hydrogen (secondary N) is 1. The number of hydrogen-bond acceptors (Lipinski definition) is 2. The minimum Gasteiger partial charge on any atom is -0.508 e. The molecule has 2 aromatic rings. The maximum absolute atomic E-state index is 11.8. The Bertz CT molecular complexity index is 529. The van der Waals surface area contributed by atoms with E-state index in [9.17, 15) is 4.79 Å². The van der Waals surface area contributed by atoms with Crippen LogP contribution in [0.4, 0.5) is 0 Å². The van der Waals surface area contributed by atoms with Crippen LogP contribution in [0.3, 0.4) is 0 Å². The zero-order chi connectivity index (χ0) is 13.0. The van der Waals surface area contributed by atoms with E-state index < -0.39 is 0 Å². The Morgan fingerprint density at radius 2 is 2.00 bits per heavy atom. The van der Waals surface area contributed by atoms with Crippen LogP contribution in [0.1, 0.15) is 16.1 Å². The quantitative estimate of drug-likeness (QED) is 0.860. The fourth-order valence-corrected chi connectivity index (χ4v) is 1.77. The van der Waals surface area contributed by atoms with Gasteiger partial charge in [0.1, 0.15) is 11.4 Å². The molecule has 0 spiro atoms. The number of carbonyl (C=O) groups excluding carboxylic acids is 1. The Balaban J connectivity index is 1.84. The predicted molar refractivity (Wildman–Crippen MR) is 69.6 cm³/mol. The van der Waals surface area contributed by atoms with Gasteiger partial charge < -0.3 is 15.0 Å². The Labute approximate surface area is 106 Å². The van der Waals surface area contributed by atoms with Crippen LogP contribution in [-0.4, -0.2) is 22.1 Å². The Morgan fingerprint density at radius 1 is 1.28 bits per heavy atom. The Hall–Kier alpha value is -2.23. The van der Waals surface area contributed by atoms with Gasteiger partial charge in [0.2, 0.25) is 0 Å². The van der Waals surface area contributed by atoms with Gasteiger partial charge in [-0.15, -0.1) is 0 Å². The van der Waals surface area contributed by atoms with E-state index in [4.69, 9.17) is 5.11 Å². The molecule has 0 aliphatic rings. The second kappa shape index (κ2) is 5.40. The molecule has 1 heterocycles. The first-order chi connectivity index (χ1) is 8.66. The highest BCUT2D eigenvalue weighted by molar-refractivity contribution is 5.92. The van der Waals surface area contributed by atoms with Gasteiger partial charge in [-0.25, -0.2) is 0 Å². The molecule has 4 nitrogen and oxygen atoms in total. The molecule has 0 saturated carbocycles. The summed E-state index contributed by atoms with van der Waals surface area (Å²) in [6.45, 7) is 0.578. The molecule has 18 heavy (non-hydrogen) atoms. The number of nitrogens with zero attached hydrogens (tertiary/aromatic N) is 1. The van der Waals surface area contributed by atoms with E-state index in [0.29, 0.717) is 12.2 Å². The molecule has 0 bridgehead atoms. The van der Waals surface area contributed by atoms with Crippen molar-refractivity contribution >= 4 is 5.91 Å². The standard InChI is InChI=1S/C14H16N2O2/c1-16-10-2-3-13(16)14(18)15-9-8-11-4-6-12(17)7-5-11/h2-7,10,17H,8-9H2,1H3,(H,15,18). The number of phenols is 1. The molecule has 1 aromatic carbocycles. The van der Waals surface area contributed by atoms with Gasteiger partial charge in [0.15, 0.2) is 0 Å². The van der Waals surface area contributed by atoms with Crippen molar-refractivity contribution in [2.45, 2.75) is 6.42 Å². The molecule has 0 saturated heterocycles. The summed E-state index contributed by atoms with van der Waals surface area (Å²) in [7, 11) is 1.84. The first kappa shape index (κ1) is 12.2.